The molecule has 0 fully saturated rings. The van der Waals surface area contributed by atoms with Crippen molar-refractivity contribution in [3.05, 3.63) is 58.3 Å². The van der Waals surface area contributed by atoms with Gasteiger partial charge in [-0.1, -0.05) is 18.2 Å². The van der Waals surface area contributed by atoms with Gasteiger partial charge in [0, 0.05) is 24.0 Å². The Morgan fingerprint density at radius 1 is 1.32 bits per heavy atom. The predicted molar refractivity (Wildman–Crippen MR) is 80.5 cm³/mol. The van der Waals surface area contributed by atoms with Crippen molar-refractivity contribution in [3.63, 3.8) is 0 Å². The van der Waals surface area contributed by atoms with E-state index in [1.54, 1.807) is 23.2 Å². The van der Waals surface area contributed by atoms with Crippen LogP contribution in [0, 0.1) is 6.92 Å². The summed E-state index contributed by atoms with van der Waals surface area (Å²) in [5, 5.41) is 0. The number of nitrogens with zero attached hydrogens (tertiary/aromatic N) is 2. The van der Waals surface area contributed by atoms with Crippen molar-refractivity contribution in [2.24, 2.45) is 0 Å². The topological polar surface area (TPSA) is 33.2 Å². The second-order valence-corrected chi connectivity index (χ2v) is 5.02. The third-order valence-electron chi connectivity index (χ3n) is 2.94. The van der Waals surface area contributed by atoms with E-state index >= 15 is 0 Å². The third-order valence-corrected chi connectivity index (χ3v) is 3.37. The Morgan fingerprint density at radius 3 is 2.68 bits per heavy atom. The molecule has 0 spiro atoms. The highest BCUT2D eigenvalue weighted by Crippen LogP contribution is 2.22. The van der Waals surface area contributed by atoms with E-state index in [0.29, 0.717) is 16.7 Å². The molecule has 2 rings (SSSR count). The summed E-state index contributed by atoms with van der Waals surface area (Å²) in [6.07, 6.45) is 1.63. The van der Waals surface area contributed by atoms with Crippen LogP contribution in [0.3, 0.4) is 0 Å². The van der Waals surface area contributed by atoms with Crippen molar-refractivity contribution in [1.82, 2.24) is 4.98 Å². The molecule has 0 aliphatic carbocycles. The van der Waals surface area contributed by atoms with Gasteiger partial charge in [0.1, 0.15) is 4.60 Å². The number of anilines is 1. The SMILES string of the molecule is CCN(C(=O)c1ccnc(Br)c1)c1ccccc1C. The van der Waals surface area contributed by atoms with Crippen LogP contribution in [-0.2, 0) is 0 Å². The standard InChI is InChI=1S/C15H15BrN2O/c1-3-18(13-7-5-4-6-11(13)2)15(19)12-8-9-17-14(16)10-12/h4-10H,3H2,1-2H3. The van der Waals surface area contributed by atoms with Gasteiger partial charge in [-0.2, -0.15) is 0 Å². The molecule has 1 amide bonds. The van der Waals surface area contributed by atoms with E-state index in [1.807, 2.05) is 38.1 Å². The molecule has 2 aromatic rings. The zero-order valence-corrected chi connectivity index (χ0v) is 12.5. The van der Waals surface area contributed by atoms with Crippen LogP contribution in [-0.4, -0.2) is 17.4 Å². The van der Waals surface area contributed by atoms with Crippen LogP contribution in [0.5, 0.6) is 0 Å². The number of amides is 1. The lowest BCUT2D eigenvalue weighted by Crippen LogP contribution is -2.31. The quantitative estimate of drug-likeness (QED) is 0.806. The molecular formula is C15H15BrN2O. The van der Waals surface area contributed by atoms with Crippen molar-refractivity contribution in [2.45, 2.75) is 13.8 Å². The molecule has 1 aromatic heterocycles. The number of aryl methyl sites for hydroxylation is 1. The maximum Gasteiger partial charge on any atom is 0.258 e. The average molecular weight is 319 g/mol. The monoisotopic (exact) mass is 318 g/mol. The number of benzene rings is 1. The zero-order chi connectivity index (χ0) is 13.8. The Kier molecular flexibility index (Phi) is 4.32. The van der Waals surface area contributed by atoms with Crippen molar-refractivity contribution in [1.29, 1.82) is 0 Å². The molecule has 19 heavy (non-hydrogen) atoms. The Balaban J connectivity index is 2.38. The fraction of sp³-hybridized carbons (Fsp3) is 0.200. The lowest BCUT2D eigenvalue weighted by molar-refractivity contribution is 0.0988. The molecule has 0 atom stereocenters. The highest BCUT2D eigenvalue weighted by atomic mass is 79.9. The van der Waals surface area contributed by atoms with E-state index in [0.717, 1.165) is 11.3 Å². The van der Waals surface area contributed by atoms with Gasteiger partial charge in [0.15, 0.2) is 0 Å². The van der Waals surface area contributed by atoms with Crippen molar-refractivity contribution in [3.8, 4) is 0 Å². The van der Waals surface area contributed by atoms with Crippen LogP contribution in [0.25, 0.3) is 0 Å². The molecule has 0 unspecified atom stereocenters. The number of carbonyl (C=O) groups is 1. The molecule has 0 saturated carbocycles. The molecule has 0 bridgehead atoms. The summed E-state index contributed by atoms with van der Waals surface area (Å²) in [4.78, 5) is 18.4. The van der Waals surface area contributed by atoms with Gasteiger partial charge in [-0.05, 0) is 53.5 Å². The van der Waals surface area contributed by atoms with Gasteiger partial charge < -0.3 is 4.90 Å². The third kappa shape index (κ3) is 3.01. The molecule has 98 valence electrons. The van der Waals surface area contributed by atoms with Crippen LogP contribution >= 0.6 is 15.9 Å². The van der Waals surface area contributed by atoms with E-state index in [4.69, 9.17) is 0 Å². The summed E-state index contributed by atoms with van der Waals surface area (Å²) >= 11 is 3.29. The molecule has 0 aliphatic heterocycles. The Bertz CT molecular complexity index is 598. The minimum atomic E-state index is -0.0140. The summed E-state index contributed by atoms with van der Waals surface area (Å²) in [7, 11) is 0. The molecule has 0 radical (unpaired) electrons. The van der Waals surface area contributed by atoms with Crippen LogP contribution in [0.2, 0.25) is 0 Å². The molecule has 4 heteroatoms. The minimum Gasteiger partial charge on any atom is -0.308 e. The first-order chi connectivity index (χ1) is 9.13. The fourth-order valence-corrected chi connectivity index (χ4v) is 2.35. The highest BCUT2D eigenvalue weighted by Gasteiger charge is 2.17. The summed E-state index contributed by atoms with van der Waals surface area (Å²) < 4.78 is 0.666. The van der Waals surface area contributed by atoms with Gasteiger partial charge >= 0.3 is 0 Å². The largest absolute Gasteiger partial charge is 0.308 e. The number of halogens is 1. The second-order valence-electron chi connectivity index (χ2n) is 4.20. The van der Waals surface area contributed by atoms with Crippen LogP contribution in [0.15, 0.2) is 47.2 Å². The van der Waals surface area contributed by atoms with E-state index in [1.165, 1.54) is 0 Å². The Morgan fingerprint density at radius 2 is 2.05 bits per heavy atom. The highest BCUT2D eigenvalue weighted by molar-refractivity contribution is 9.10. The normalized spacial score (nSPS) is 10.3. The van der Waals surface area contributed by atoms with E-state index in [-0.39, 0.29) is 5.91 Å². The number of carbonyl (C=O) groups excluding carboxylic acids is 1. The second kappa shape index (κ2) is 5.97. The minimum absolute atomic E-state index is 0.0140. The van der Waals surface area contributed by atoms with Gasteiger partial charge in [-0.25, -0.2) is 4.98 Å². The van der Waals surface area contributed by atoms with E-state index in [9.17, 15) is 4.79 Å². The molecule has 1 aromatic carbocycles. The first kappa shape index (κ1) is 13.7. The van der Waals surface area contributed by atoms with Crippen molar-refractivity contribution < 1.29 is 4.79 Å². The van der Waals surface area contributed by atoms with Gasteiger partial charge in [0.2, 0.25) is 0 Å². The smallest absolute Gasteiger partial charge is 0.258 e. The zero-order valence-electron chi connectivity index (χ0n) is 10.9. The molecule has 1 heterocycles. The number of pyridine rings is 1. The lowest BCUT2D eigenvalue weighted by Gasteiger charge is -2.23. The fourth-order valence-electron chi connectivity index (χ4n) is 1.98. The number of rotatable bonds is 3. The molecule has 0 aliphatic rings. The summed E-state index contributed by atoms with van der Waals surface area (Å²) in [5.74, 6) is -0.0140. The number of para-hydroxylation sites is 1. The number of hydrogen-bond donors (Lipinski definition) is 0. The molecule has 0 N–H and O–H groups in total. The molecule has 0 saturated heterocycles. The Labute approximate surface area is 121 Å². The van der Waals surface area contributed by atoms with E-state index < -0.39 is 0 Å². The van der Waals surface area contributed by atoms with Gasteiger partial charge in [0.25, 0.3) is 5.91 Å². The maximum atomic E-state index is 12.6. The van der Waals surface area contributed by atoms with Gasteiger partial charge in [-0.15, -0.1) is 0 Å². The van der Waals surface area contributed by atoms with Crippen LogP contribution in [0.1, 0.15) is 22.8 Å². The predicted octanol–water partition coefficient (Wildman–Crippen LogP) is 3.82. The number of aromatic nitrogens is 1. The number of hydrogen-bond acceptors (Lipinski definition) is 2. The first-order valence-electron chi connectivity index (χ1n) is 6.12. The Hall–Kier alpha value is -1.68. The van der Waals surface area contributed by atoms with Crippen molar-refractivity contribution >= 4 is 27.5 Å². The van der Waals surface area contributed by atoms with E-state index in [2.05, 4.69) is 20.9 Å². The van der Waals surface area contributed by atoms with Crippen LogP contribution < -0.4 is 4.90 Å². The molecule has 3 nitrogen and oxygen atoms in total. The van der Waals surface area contributed by atoms with Gasteiger partial charge in [0.05, 0.1) is 0 Å². The van der Waals surface area contributed by atoms with Crippen LogP contribution in [0.4, 0.5) is 5.69 Å². The molecular weight excluding hydrogens is 304 g/mol. The van der Waals surface area contributed by atoms with Crippen molar-refractivity contribution in [2.75, 3.05) is 11.4 Å². The summed E-state index contributed by atoms with van der Waals surface area (Å²) in [6.45, 7) is 4.61. The maximum absolute atomic E-state index is 12.6. The summed E-state index contributed by atoms with van der Waals surface area (Å²) in [5.41, 5.74) is 2.67. The lowest BCUT2D eigenvalue weighted by atomic mass is 10.1. The first-order valence-corrected chi connectivity index (χ1v) is 6.92. The summed E-state index contributed by atoms with van der Waals surface area (Å²) in [6, 6.07) is 11.4. The van der Waals surface area contributed by atoms with Gasteiger partial charge in [-0.3, -0.25) is 4.79 Å². The average Bonchev–Trinajstić information content (AvgIpc) is 2.41.